The third-order valence-electron chi connectivity index (χ3n) is 6.97. The molecule has 1 aliphatic heterocycles. The van der Waals surface area contributed by atoms with E-state index in [2.05, 4.69) is 4.18 Å². The Bertz CT molecular complexity index is 1650. The minimum Gasteiger partial charge on any atom is -0.483 e. The summed E-state index contributed by atoms with van der Waals surface area (Å²) in [5.74, 6) is -0.101. The number of fused-ring (bicyclic) bond motifs is 3. The van der Waals surface area contributed by atoms with Crippen LogP contribution in [0.2, 0.25) is 0 Å². The number of alkyl halides is 3. The summed E-state index contributed by atoms with van der Waals surface area (Å²) in [5.41, 5.74) is -2.64. The first kappa shape index (κ1) is 31.4. The van der Waals surface area contributed by atoms with Crippen LogP contribution in [-0.4, -0.2) is 39.3 Å². The molecule has 1 heterocycles. The number of halogens is 3. The van der Waals surface area contributed by atoms with E-state index in [1.54, 1.807) is 24.3 Å². The first-order valence-corrected chi connectivity index (χ1v) is 15.4. The van der Waals surface area contributed by atoms with E-state index in [0.717, 1.165) is 17.2 Å². The molecule has 0 N–H and O–H groups in total. The lowest BCUT2D eigenvalue weighted by atomic mass is 9.94. The summed E-state index contributed by atoms with van der Waals surface area (Å²) >= 11 is 0. The average molecular weight is 629 g/mol. The maximum atomic E-state index is 13.4. The van der Waals surface area contributed by atoms with Gasteiger partial charge in [0.1, 0.15) is 11.5 Å². The van der Waals surface area contributed by atoms with Gasteiger partial charge in [0.05, 0.1) is 32.0 Å². The summed E-state index contributed by atoms with van der Waals surface area (Å²) in [7, 11) is -5.98. The van der Waals surface area contributed by atoms with Crippen molar-refractivity contribution in [2.24, 2.45) is 0 Å². The largest absolute Gasteiger partial charge is 0.534 e. The highest BCUT2D eigenvalue weighted by Crippen LogP contribution is 2.48. The van der Waals surface area contributed by atoms with Gasteiger partial charge in [0.2, 0.25) is 0 Å². The lowest BCUT2D eigenvalue weighted by Gasteiger charge is -2.33. The molecular weight excluding hydrogens is 597 g/mol. The van der Waals surface area contributed by atoms with Crippen LogP contribution < -0.4 is 13.7 Å². The van der Waals surface area contributed by atoms with Crippen LogP contribution in [0.25, 0.3) is 11.1 Å². The molecule has 0 aliphatic carbocycles. The van der Waals surface area contributed by atoms with E-state index in [1.807, 2.05) is 67.6 Å². The highest BCUT2D eigenvalue weighted by atomic mass is 32.2. The molecule has 4 aromatic carbocycles. The first-order chi connectivity index (χ1) is 21.2. The molecule has 11 heteroatoms. The van der Waals surface area contributed by atoms with Crippen molar-refractivity contribution in [3.05, 3.63) is 114 Å². The lowest BCUT2D eigenvalue weighted by Crippen LogP contribution is -2.44. The van der Waals surface area contributed by atoms with Gasteiger partial charge in [0.25, 0.3) is 0 Å². The zero-order valence-corrected chi connectivity index (χ0v) is 24.6. The molecule has 5 rings (SSSR count). The molecule has 4 aromatic rings. The monoisotopic (exact) mass is 628 g/mol. The van der Waals surface area contributed by atoms with Gasteiger partial charge in [-0.3, -0.25) is 0 Å². The summed E-state index contributed by atoms with van der Waals surface area (Å²) in [6.07, 6.45) is -1.05. The Morgan fingerprint density at radius 2 is 1.18 bits per heavy atom. The Kier molecular flexibility index (Phi) is 9.77. The van der Waals surface area contributed by atoms with Crippen molar-refractivity contribution in [3.63, 3.8) is 0 Å². The minimum absolute atomic E-state index is 0.0302. The molecule has 0 saturated carbocycles. The summed E-state index contributed by atoms with van der Waals surface area (Å²) in [6.45, 7) is 2.57. The molecule has 0 aromatic heterocycles. The zero-order valence-electron chi connectivity index (χ0n) is 23.8. The van der Waals surface area contributed by atoms with Crippen LogP contribution in [-0.2, 0) is 39.2 Å². The fraction of sp³-hybridized carbons (Fsp3) is 0.273. The number of rotatable bonds is 11. The van der Waals surface area contributed by atoms with E-state index < -0.39 is 33.6 Å². The fourth-order valence-corrected chi connectivity index (χ4v) is 5.31. The van der Waals surface area contributed by atoms with E-state index in [1.165, 1.54) is 6.07 Å². The molecule has 0 amide bonds. The molecule has 0 radical (unpaired) electrons. The third kappa shape index (κ3) is 7.35. The van der Waals surface area contributed by atoms with Crippen molar-refractivity contribution in [2.45, 2.75) is 44.3 Å². The standard InChI is InChI=1S/C33H31F3O7S/c1-2-25-15-9-16-26-31(25)32-27(17-10-18-28(32)43-44(37,38)33(34,35)36)42-30(22-40-20-24-13-7-4-8-14-24)29(41-26)21-39-19-23-11-5-3-6-12-23/h3-18,29-30H,2,19-22H2,1H3/t29-,30-/m1/s1. The number of benzene rings is 4. The maximum Gasteiger partial charge on any atom is 0.534 e. The Labute approximate surface area is 254 Å². The molecule has 232 valence electrons. The van der Waals surface area contributed by atoms with Crippen molar-refractivity contribution < 1.29 is 44.7 Å². The van der Waals surface area contributed by atoms with Crippen LogP contribution in [0.5, 0.6) is 17.2 Å². The molecule has 0 saturated heterocycles. The van der Waals surface area contributed by atoms with Crippen molar-refractivity contribution >= 4 is 10.1 Å². The van der Waals surface area contributed by atoms with Gasteiger partial charge in [-0.2, -0.15) is 21.6 Å². The average Bonchev–Trinajstić information content (AvgIpc) is 3.00. The molecule has 0 fully saturated rings. The predicted octanol–water partition coefficient (Wildman–Crippen LogP) is 7.09. The van der Waals surface area contributed by atoms with Crippen LogP contribution >= 0.6 is 0 Å². The van der Waals surface area contributed by atoms with Crippen molar-refractivity contribution in [3.8, 4) is 28.4 Å². The van der Waals surface area contributed by atoms with Gasteiger partial charge in [-0.05, 0) is 41.3 Å². The molecule has 2 atom stereocenters. The SMILES string of the molecule is CCc1cccc2c1-c1c(cccc1OS(=O)(=O)C(F)(F)F)O[C@H](COCc1ccccc1)[C@@H](COCc1ccccc1)O2. The van der Waals surface area contributed by atoms with Gasteiger partial charge in [-0.1, -0.05) is 85.8 Å². The third-order valence-corrected chi connectivity index (χ3v) is 7.94. The van der Waals surface area contributed by atoms with E-state index in [9.17, 15) is 21.6 Å². The van der Waals surface area contributed by atoms with Crippen LogP contribution in [0.1, 0.15) is 23.6 Å². The van der Waals surface area contributed by atoms with E-state index in [4.69, 9.17) is 18.9 Å². The fourth-order valence-electron chi connectivity index (χ4n) is 4.84. The van der Waals surface area contributed by atoms with Crippen LogP contribution in [0.15, 0.2) is 97.1 Å². The van der Waals surface area contributed by atoms with Crippen molar-refractivity contribution in [1.82, 2.24) is 0 Å². The summed E-state index contributed by atoms with van der Waals surface area (Å²) < 4.78 is 94.0. The molecule has 0 unspecified atom stereocenters. The quantitative estimate of drug-likeness (QED) is 0.130. The smallest absolute Gasteiger partial charge is 0.483 e. The Hall–Kier alpha value is -4.06. The van der Waals surface area contributed by atoms with Gasteiger partial charge >= 0.3 is 15.6 Å². The van der Waals surface area contributed by atoms with E-state index >= 15 is 0 Å². The van der Waals surface area contributed by atoms with Crippen LogP contribution in [0.3, 0.4) is 0 Å². The summed E-state index contributed by atoms with van der Waals surface area (Å²) in [4.78, 5) is 0. The van der Waals surface area contributed by atoms with Crippen molar-refractivity contribution in [1.29, 1.82) is 0 Å². The van der Waals surface area contributed by atoms with E-state index in [0.29, 0.717) is 29.9 Å². The minimum atomic E-state index is -5.98. The maximum absolute atomic E-state index is 13.4. The second-order valence-corrected chi connectivity index (χ2v) is 11.6. The Morgan fingerprint density at radius 3 is 1.68 bits per heavy atom. The molecule has 0 bridgehead atoms. The highest BCUT2D eigenvalue weighted by Gasteiger charge is 2.49. The first-order valence-electron chi connectivity index (χ1n) is 14.0. The van der Waals surface area contributed by atoms with Crippen molar-refractivity contribution in [2.75, 3.05) is 13.2 Å². The van der Waals surface area contributed by atoms with Gasteiger partial charge in [-0.15, -0.1) is 0 Å². The Balaban J connectivity index is 1.53. The Morgan fingerprint density at radius 1 is 0.682 bits per heavy atom. The number of ether oxygens (including phenoxy) is 4. The van der Waals surface area contributed by atoms with E-state index in [-0.39, 0.29) is 31.1 Å². The van der Waals surface area contributed by atoms with Gasteiger partial charge in [-0.25, -0.2) is 0 Å². The van der Waals surface area contributed by atoms with Gasteiger partial charge < -0.3 is 23.1 Å². The number of hydrogen-bond donors (Lipinski definition) is 0. The summed E-state index contributed by atoms with van der Waals surface area (Å²) in [6, 6.07) is 28.4. The second kappa shape index (κ2) is 13.7. The molecule has 1 aliphatic rings. The molecule has 44 heavy (non-hydrogen) atoms. The molecule has 7 nitrogen and oxygen atoms in total. The highest BCUT2D eigenvalue weighted by molar-refractivity contribution is 7.88. The zero-order chi connectivity index (χ0) is 31.2. The number of hydrogen-bond acceptors (Lipinski definition) is 7. The lowest BCUT2D eigenvalue weighted by molar-refractivity contribution is -0.0554. The van der Waals surface area contributed by atoms with Crippen LogP contribution in [0, 0.1) is 0 Å². The summed E-state index contributed by atoms with van der Waals surface area (Å²) in [5, 5.41) is 0. The van der Waals surface area contributed by atoms with Crippen LogP contribution in [0.4, 0.5) is 13.2 Å². The second-order valence-electron chi connectivity index (χ2n) is 10.1. The van der Waals surface area contributed by atoms with Gasteiger partial charge in [0, 0.05) is 5.56 Å². The normalized spacial score (nSPS) is 16.5. The number of aryl methyl sites for hydroxylation is 1. The van der Waals surface area contributed by atoms with Gasteiger partial charge in [0.15, 0.2) is 18.0 Å². The molecule has 0 spiro atoms. The molecular formula is C33H31F3O7S. The topological polar surface area (TPSA) is 80.3 Å². The predicted molar refractivity (Wildman–Crippen MR) is 158 cm³/mol.